The predicted octanol–water partition coefficient (Wildman–Crippen LogP) is 1.72. The van der Waals surface area contributed by atoms with Crippen LogP contribution in [0.15, 0.2) is 18.3 Å². The minimum absolute atomic E-state index is 0.181. The number of pyridine rings is 1. The van der Waals surface area contributed by atoms with Crippen molar-refractivity contribution in [2.75, 3.05) is 19.8 Å². The molecule has 0 radical (unpaired) electrons. The standard InChI is InChI=1S/C12H17NO4/c1-2-5-16-6-7-17-9-11-4-3-10(8-13-11)12(14)15/h3-4,8H,2,5-7,9H2,1H3,(H,14,15). The molecule has 1 heterocycles. The van der Waals surface area contributed by atoms with Crippen LogP contribution in [0.25, 0.3) is 0 Å². The Balaban J connectivity index is 2.21. The maximum atomic E-state index is 10.6. The zero-order valence-electron chi connectivity index (χ0n) is 9.89. The summed E-state index contributed by atoms with van der Waals surface area (Å²) in [5, 5.41) is 8.68. The first kappa shape index (κ1) is 13.6. The van der Waals surface area contributed by atoms with Gasteiger partial charge in [-0.2, -0.15) is 0 Å². The predicted molar refractivity (Wildman–Crippen MR) is 62.0 cm³/mol. The van der Waals surface area contributed by atoms with E-state index in [-0.39, 0.29) is 5.56 Å². The number of rotatable bonds is 8. The lowest BCUT2D eigenvalue weighted by molar-refractivity contribution is 0.0397. The van der Waals surface area contributed by atoms with E-state index < -0.39 is 5.97 Å². The molecule has 0 spiro atoms. The molecule has 5 nitrogen and oxygen atoms in total. The van der Waals surface area contributed by atoms with Crippen molar-refractivity contribution in [2.45, 2.75) is 20.0 Å². The average molecular weight is 239 g/mol. The van der Waals surface area contributed by atoms with Crippen LogP contribution in [0.2, 0.25) is 0 Å². The second kappa shape index (κ2) is 7.76. The van der Waals surface area contributed by atoms with Gasteiger partial charge >= 0.3 is 5.97 Å². The Morgan fingerprint density at radius 1 is 1.29 bits per heavy atom. The van der Waals surface area contributed by atoms with Crippen LogP contribution >= 0.6 is 0 Å². The van der Waals surface area contributed by atoms with Crippen molar-refractivity contribution in [1.29, 1.82) is 0 Å². The first-order chi connectivity index (χ1) is 8.24. The molecule has 0 aromatic carbocycles. The van der Waals surface area contributed by atoms with Crippen molar-refractivity contribution in [3.8, 4) is 0 Å². The normalized spacial score (nSPS) is 10.4. The number of carboxylic acid groups (broad SMARTS) is 1. The average Bonchev–Trinajstić information content (AvgIpc) is 2.34. The molecule has 17 heavy (non-hydrogen) atoms. The molecule has 1 aromatic heterocycles. The van der Waals surface area contributed by atoms with Crippen LogP contribution in [-0.2, 0) is 16.1 Å². The van der Waals surface area contributed by atoms with E-state index in [9.17, 15) is 4.79 Å². The fourth-order valence-electron chi connectivity index (χ4n) is 1.18. The maximum absolute atomic E-state index is 10.6. The Hall–Kier alpha value is -1.46. The lowest BCUT2D eigenvalue weighted by Gasteiger charge is -2.04. The van der Waals surface area contributed by atoms with Gasteiger partial charge < -0.3 is 14.6 Å². The molecular weight excluding hydrogens is 222 g/mol. The molecule has 0 saturated carbocycles. The van der Waals surface area contributed by atoms with Gasteiger partial charge in [-0.25, -0.2) is 4.79 Å². The monoisotopic (exact) mass is 239 g/mol. The Morgan fingerprint density at radius 2 is 2.06 bits per heavy atom. The quantitative estimate of drug-likeness (QED) is 0.699. The van der Waals surface area contributed by atoms with Gasteiger partial charge in [0.2, 0.25) is 0 Å². The van der Waals surface area contributed by atoms with Gasteiger partial charge in [-0.05, 0) is 18.6 Å². The third-order valence-corrected chi connectivity index (χ3v) is 2.04. The number of nitrogens with zero attached hydrogens (tertiary/aromatic N) is 1. The summed E-state index contributed by atoms with van der Waals surface area (Å²) in [6.45, 7) is 4.25. The lowest BCUT2D eigenvalue weighted by atomic mass is 10.2. The fourth-order valence-corrected chi connectivity index (χ4v) is 1.18. The van der Waals surface area contributed by atoms with E-state index in [0.29, 0.717) is 25.5 Å². The molecule has 5 heteroatoms. The van der Waals surface area contributed by atoms with E-state index in [1.54, 1.807) is 6.07 Å². The molecule has 0 saturated heterocycles. The Kier molecular flexibility index (Phi) is 6.21. The molecule has 0 aliphatic carbocycles. The zero-order chi connectivity index (χ0) is 12.5. The van der Waals surface area contributed by atoms with Crippen LogP contribution in [0.1, 0.15) is 29.4 Å². The number of carboxylic acids is 1. The van der Waals surface area contributed by atoms with Gasteiger partial charge in [0.1, 0.15) is 0 Å². The number of hydrogen-bond acceptors (Lipinski definition) is 4. The van der Waals surface area contributed by atoms with Gasteiger partial charge in [0, 0.05) is 12.8 Å². The molecule has 0 bridgehead atoms. The largest absolute Gasteiger partial charge is 0.478 e. The highest BCUT2D eigenvalue weighted by Crippen LogP contribution is 2.01. The zero-order valence-corrected chi connectivity index (χ0v) is 9.89. The molecule has 0 amide bonds. The first-order valence-electron chi connectivity index (χ1n) is 5.57. The van der Waals surface area contributed by atoms with Gasteiger partial charge in [0.05, 0.1) is 31.1 Å². The van der Waals surface area contributed by atoms with E-state index >= 15 is 0 Å². The van der Waals surface area contributed by atoms with Crippen LogP contribution in [0, 0.1) is 0 Å². The van der Waals surface area contributed by atoms with Gasteiger partial charge in [0.15, 0.2) is 0 Å². The molecule has 94 valence electrons. The first-order valence-corrected chi connectivity index (χ1v) is 5.57. The minimum Gasteiger partial charge on any atom is -0.478 e. The van der Waals surface area contributed by atoms with Gasteiger partial charge in [-0.15, -0.1) is 0 Å². The number of ether oxygens (including phenoxy) is 2. The van der Waals surface area contributed by atoms with Gasteiger partial charge in [0.25, 0.3) is 0 Å². The van der Waals surface area contributed by atoms with Crippen LogP contribution in [0.4, 0.5) is 0 Å². The smallest absolute Gasteiger partial charge is 0.337 e. The maximum Gasteiger partial charge on any atom is 0.337 e. The molecule has 0 unspecified atom stereocenters. The molecule has 0 atom stereocenters. The van der Waals surface area contributed by atoms with Crippen LogP contribution < -0.4 is 0 Å². The van der Waals surface area contributed by atoms with E-state index in [0.717, 1.165) is 13.0 Å². The summed E-state index contributed by atoms with van der Waals surface area (Å²) in [5.41, 5.74) is 0.894. The van der Waals surface area contributed by atoms with E-state index in [4.69, 9.17) is 14.6 Å². The Labute approximate surface area is 100 Å². The Bertz CT molecular complexity index is 337. The van der Waals surface area contributed by atoms with E-state index in [1.165, 1.54) is 12.3 Å². The molecule has 0 fully saturated rings. The SMILES string of the molecule is CCCOCCOCc1ccc(C(=O)O)cn1. The molecule has 0 aliphatic heterocycles. The number of carbonyl (C=O) groups is 1. The lowest BCUT2D eigenvalue weighted by Crippen LogP contribution is -2.06. The molecular formula is C12H17NO4. The van der Waals surface area contributed by atoms with Crippen molar-refractivity contribution in [2.24, 2.45) is 0 Å². The summed E-state index contributed by atoms with van der Waals surface area (Å²) < 4.78 is 10.6. The summed E-state index contributed by atoms with van der Waals surface area (Å²) in [4.78, 5) is 14.6. The molecule has 1 aromatic rings. The van der Waals surface area contributed by atoms with E-state index in [2.05, 4.69) is 11.9 Å². The van der Waals surface area contributed by atoms with Crippen molar-refractivity contribution in [3.05, 3.63) is 29.6 Å². The van der Waals surface area contributed by atoms with Gasteiger partial charge in [-0.3, -0.25) is 4.98 Å². The summed E-state index contributed by atoms with van der Waals surface area (Å²) in [7, 11) is 0. The second-order valence-corrected chi connectivity index (χ2v) is 3.51. The number of aromatic nitrogens is 1. The van der Waals surface area contributed by atoms with Crippen LogP contribution in [0.3, 0.4) is 0 Å². The second-order valence-electron chi connectivity index (χ2n) is 3.51. The molecule has 1 N–H and O–H groups in total. The van der Waals surface area contributed by atoms with Crippen molar-refractivity contribution in [3.63, 3.8) is 0 Å². The highest BCUT2D eigenvalue weighted by molar-refractivity contribution is 5.87. The Morgan fingerprint density at radius 3 is 2.65 bits per heavy atom. The van der Waals surface area contributed by atoms with Gasteiger partial charge in [-0.1, -0.05) is 6.92 Å². The van der Waals surface area contributed by atoms with Crippen molar-refractivity contribution < 1.29 is 19.4 Å². The molecule has 1 rings (SSSR count). The molecule has 0 aliphatic rings. The summed E-state index contributed by atoms with van der Waals surface area (Å²) in [5.74, 6) is -0.974. The number of aromatic carboxylic acids is 1. The van der Waals surface area contributed by atoms with Crippen LogP contribution in [0.5, 0.6) is 0 Å². The van der Waals surface area contributed by atoms with Crippen molar-refractivity contribution >= 4 is 5.97 Å². The minimum atomic E-state index is -0.974. The topological polar surface area (TPSA) is 68.7 Å². The third kappa shape index (κ3) is 5.42. The van der Waals surface area contributed by atoms with E-state index in [1.807, 2.05) is 0 Å². The highest BCUT2D eigenvalue weighted by atomic mass is 16.5. The van der Waals surface area contributed by atoms with Crippen molar-refractivity contribution in [1.82, 2.24) is 4.98 Å². The summed E-state index contributed by atoms with van der Waals surface area (Å²) >= 11 is 0. The summed E-state index contributed by atoms with van der Waals surface area (Å²) in [6.07, 6.45) is 2.33. The van der Waals surface area contributed by atoms with Crippen LogP contribution in [-0.4, -0.2) is 35.9 Å². The summed E-state index contributed by atoms with van der Waals surface area (Å²) in [6, 6.07) is 3.16. The third-order valence-electron chi connectivity index (χ3n) is 2.04. The number of hydrogen-bond donors (Lipinski definition) is 1. The fraction of sp³-hybridized carbons (Fsp3) is 0.500. The highest BCUT2D eigenvalue weighted by Gasteiger charge is 2.02.